The van der Waals surface area contributed by atoms with E-state index in [1.54, 1.807) is 43.9 Å². The molecule has 1 amide bonds. The average molecular weight is 431 g/mol. The number of rotatable bonds is 5. The molecule has 3 aromatic rings. The summed E-state index contributed by atoms with van der Waals surface area (Å²) in [6.07, 6.45) is 6.09. The van der Waals surface area contributed by atoms with Gasteiger partial charge < -0.3 is 14.6 Å². The van der Waals surface area contributed by atoms with Crippen LogP contribution in [0.3, 0.4) is 0 Å². The molecule has 1 fully saturated rings. The predicted molar refractivity (Wildman–Crippen MR) is 112 cm³/mol. The summed E-state index contributed by atoms with van der Waals surface area (Å²) in [5.74, 6) is 0.706. The number of hydrogen-bond acceptors (Lipinski definition) is 4. The van der Waals surface area contributed by atoms with Crippen LogP contribution in [0.1, 0.15) is 23.9 Å². The molecule has 1 saturated heterocycles. The second kappa shape index (κ2) is 8.53. The highest BCUT2D eigenvalue weighted by molar-refractivity contribution is 6.35. The van der Waals surface area contributed by atoms with Crippen LogP contribution in [0.2, 0.25) is 10.0 Å². The summed E-state index contributed by atoms with van der Waals surface area (Å²) in [5.41, 5.74) is 2.55. The Morgan fingerprint density at radius 2 is 2.17 bits per heavy atom. The van der Waals surface area contributed by atoms with Gasteiger partial charge in [0.15, 0.2) is 0 Å². The van der Waals surface area contributed by atoms with Gasteiger partial charge in [-0.2, -0.15) is 0 Å². The van der Waals surface area contributed by atoms with Crippen LogP contribution in [0, 0.1) is 0 Å². The maximum atomic E-state index is 13.1. The van der Waals surface area contributed by atoms with E-state index in [-0.39, 0.29) is 24.5 Å². The number of imidazole rings is 1. The van der Waals surface area contributed by atoms with Gasteiger partial charge in [0.05, 0.1) is 30.5 Å². The fraction of sp³-hybridized carbons (Fsp3) is 0.286. The third-order valence-electron chi connectivity index (χ3n) is 5.16. The number of carbonyl (C=O) groups excluding carboxylic acids is 1. The summed E-state index contributed by atoms with van der Waals surface area (Å²) in [7, 11) is 1.66. The predicted octanol–water partition coefficient (Wildman–Crippen LogP) is 4.31. The minimum atomic E-state index is -0.191. The molecule has 0 aliphatic carbocycles. The normalized spacial score (nSPS) is 18.9. The summed E-state index contributed by atoms with van der Waals surface area (Å²) in [4.78, 5) is 26.9. The topological polar surface area (TPSA) is 71.1 Å². The molecule has 1 N–H and O–H groups in total. The van der Waals surface area contributed by atoms with E-state index in [0.717, 1.165) is 22.6 Å². The molecule has 2 aromatic heterocycles. The van der Waals surface area contributed by atoms with Crippen LogP contribution >= 0.6 is 23.2 Å². The molecular weight excluding hydrogens is 411 g/mol. The number of likely N-dealkylation sites (tertiary alicyclic amines) is 1. The molecule has 1 aliphatic heterocycles. The lowest BCUT2D eigenvalue weighted by atomic mass is 10.1. The summed E-state index contributed by atoms with van der Waals surface area (Å²) < 4.78 is 5.54. The van der Waals surface area contributed by atoms with E-state index in [1.165, 1.54) is 0 Å². The van der Waals surface area contributed by atoms with Gasteiger partial charge in [-0.05, 0) is 29.8 Å². The fourth-order valence-electron chi connectivity index (χ4n) is 3.61. The molecular formula is C21H20Cl2N4O2. The first-order valence-electron chi connectivity index (χ1n) is 9.26. The van der Waals surface area contributed by atoms with Crippen LogP contribution < -0.4 is 0 Å². The van der Waals surface area contributed by atoms with Crippen LogP contribution in [0.5, 0.6) is 0 Å². The molecule has 1 aromatic carbocycles. The minimum Gasteiger partial charge on any atom is -0.380 e. The van der Waals surface area contributed by atoms with E-state index < -0.39 is 0 Å². The smallest absolute Gasteiger partial charge is 0.227 e. The molecule has 8 heteroatoms. The number of nitrogens with zero attached hydrogens (tertiary/aromatic N) is 3. The van der Waals surface area contributed by atoms with Gasteiger partial charge in [0.2, 0.25) is 5.91 Å². The molecule has 3 heterocycles. The Kier molecular flexibility index (Phi) is 5.85. The van der Waals surface area contributed by atoms with E-state index >= 15 is 0 Å². The highest BCUT2D eigenvalue weighted by Gasteiger charge is 2.38. The van der Waals surface area contributed by atoms with Gasteiger partial charge in [-0.15, -0.1) is 0 Å². The quantitative estimate of drug-likeness (QED) is 0.654. The van der Waals surface area contributed by atoms with Crippen molar-refractivity contribution >= 4 is 29.1 Å². The van der Waals surface area contributed by atoms with Gasteiger partial charge in [0.1, 0.15) is 5.82 Å². The summed E-state index contributed by atoms with van der Waals surface area (Å²) >= 11 is 12.2. The van der Waals surface area contributed by atoms with Gasteiger partial charge in [0, 0.05) is 48.1 Å². The molecule has 29 heavy (non-hydrogen) atoms. The standard InChI is InChI=1S/C21H20Cl2N4O2/c1-29-16-9-19(21-25-11-18(26-21)14-3-2-6-24-10-14)27(12-16)20(28)7-13-4-5-15(22)8-17(13)23/h2-6,8,10-11,16,19H,7,9,12H2,1H3,(H,25,26)/t16-,19+/m0/s1. The minimum absolute atomic E-state index is 0.0295. The van der Waals surface area contributed by atoms with Crippen LogP contribution in [0.4, 0.5) is 0 Å². The number of hydrogen-bond donors (Lipinski definition) is 1. The first kappa shape index (κ1) is 19.9. The monoisotopic (exact) mass is 430 g/mol. The lowest BCUT2D eigenvalue weighted by molar-refractivity contribution is -0.131. The van der Waals surface area contributed by atoms with Crippen molar-refractivity contribution < 1.29 is 9.53 Å². The van der Waals surface area contributed by atoms with Crippen molar-refractivity contribution in [2.24, 2.45) is 0 Å². The number of amides is 1. The SMILES string of the molecule is CO[C@H]1C[C@H](c2ncc(-c3cccnc3)[nH]2)N(C(=O)Cc2ccc(Cl)cc2Cl)C1. The van der Waals surface area contributed by atoms with Crippen LogP contribution in [-0.4, -0.2) is 45.5 Å². The molecule has 0 bridgehead atoms. The lowest BCUT2D eigenvalue weighted by Gasteiger charge is -2.23. The highest BCUT2D eigenvalue weighted by Crippen LogP contribution is 2.34. The Hall–Kier alpha value is -2.41. The Labute approximate surface area is 178 Å². The summed E-state index contributed by atoms with van der Waals surface area (Å²) in [6, 6.07) is 8.82. The van der Waals surface area contributed by atoms with E-state index in [9.17, 15) is 4.79 Å². The van der Waals surface area contributed by atoms with Gasteiger partial charge in [-0.1, -0.05) is 29.3 Å². The van der Waals surface area contributed by atoms with Crippen molar-refractivity contribution in [1.82, 2.24) is 19.9 Å². The van der Waals surface area contributed by atoms with Crippen molar-refractivity contribution in [1.29, 1.82) is 0 Å². The number of methoxy groups -OCH3 is 1. The largest absolute Gasteiger partial charge is 0.380 e. The molecule has 150 valence electrons. The number of H-pyrrole nitrogens is 1. The maximum absolute atomic E-state index is 13.1. The van der Waals surface area contributed by atoms with E-state index in [4.69, 9.17) is 27.9 Å². The van der Waals surface area contributed by atoms with Crippen molar-refractivity contribution in [2.45, 2.75) is 25.0 Å². The number of benzene rings is 1. The number of aromatic amines is 1. The van der Waals surface area contributed by atoms with Crippen LogP contribution in [0.15, 0.2) is 48.9 Å². The fourth-order valence-corrected chi connectivity index (χ4v) is 4.08. The van der Waals surface area contributed by atoms with Crippen molar-refractivity contribution in [3.63, 3.8) is 0 Å². The van der Waals surface area contributed by atoms with E-state index in [1.807, 2.05) is 17.0 Å². The van der Waals surface area contributed by atoms with Gasteiger partial charge in [0.25, 0.3) is 0 Å². The summed E-state index contributed by atoms with van der Waals surface area (Å²) in [5, 5.41) is 1.03. The second-order valence-electron chi connectivity index (χ2n) is 6.99. The molecule has 0 saturated carbocycles. The molecule has 6 nitrogen and oxygen atoms in total. The number of halogens is 2. The molecule has 2 atom stereocenters. The third kappa shape index (κ3) is 4.29. The van der Waals surface area contributed by atoms with E-state index in [0.29, 0.717) is 23.0 Å². The van der Waals surface area contributed by atoms with Crippen molar-refractivity contribution in [3.8, 4) is 11.3 Å². The first-order chi connectivity index (χ1) is 14.0. The van der Waals surface area contributed by atoms with Gasteiger partial charge in [-0.25, -0.2) is 4.98 Å². The van der Waals surface area contributed by atoms with E-state index in [2.05, 4.69) is 15.0 Å². The Morgan fingerprint density at radius 1 is 1.31 bits per heavy atom. The van der Waals surface area contributed by atoms with Crippen molar-refractivity contribution in [2.75, 3.05) is 13.7 Å². The zero-order valence-electron chi connectivity index (χ0n) is 15.8. The molecule has 0 spiro atoms. The summed E-state index contributed by atoms with van der Waals surface area (Å²) in [6.45, 7) is 0.508. The van der Waals surface area contributed by atoms with Crippen LogP contribution in [0.25, 0.3) is 11.3 Å². The van der Waals surface area contributed by atoms with Crippen molar-refractivity contribution in [3.05, 3.63) is 70.4 Å². The Bertz CT molecular complexity index is 1010. The average Bonchev–Trinajstić information content (AvgIpc) is 3.37. The third-order valence-corrected chi connectivity index (χ3v) is 5.74. The number of nitrogens with one attached hydrogen (secondary N) is 1. The lowest BCUT2D eigenvalue weighted by Crippen LogP contribution is -2.33. The highest BCUT2D eigenvalue weighted by atomic mass is 35.5. The molecule has 1 aliphatic rings. The zero-order chi connectivity index (χ0) is 20.4. The first-order valence-corrected chi connectivity index (χ1v) is 10.0. The molecule has 4 rings (SSSR count). The second-order valence-corrected chi connectivity index (χ2v) is 7.84. The Balaban J connectivity index is 1.57. The number of carbonyl (C=O) groups is 1. The molecule has 0 radical (unpaired) electrons. The number of ether oxygens (including phenoxy) is 1. The Morgan fingerprint density at radius 3 is 2.90 bits per heavy atom. The van der Waals surface area contributed by atoms with Gasteiger partial charge in [-0.3, -0.25) is 9.78 Å². The number of aromatic nitrogens is 3. The number of pyridine rings is 1. The maximum Gasteiger partial charge on any atom is 0.227 e. The molecule has 0 unspecified atom stereocenters. The zero-order valence-corrected chi connectivity index (χ0v) is 17.3. The van der Waals surface area contributed by atoms with Crippen LogP contribution in [-0.2, 0) is 16.0 Å². The van der Waals surface area contributed by atoms with Gasteiger partial charge >= 0.3 is 0 Å².